The third kappa shape index (κ3) is 5.94. The quantitative estimate of drug-likeness (QED) is 0.529. The second-order valence-electron chi connectivity index (χ2n) is 7.07. The highest BCUT2D eigenvalue weighted by atomic mass is 16.5. The lowest BCUT2D eigenvalue weighted by Crippen LogP contribution is -2.23. The summed E-state index contributed by atoms with van der Waals surface area (Å²) in [7, 11) is 1.60. The molecule has 1 aromatic heterocycles. The minimum Gasteiger partial charge on any atom is -0.496 e. The number of ether oxygens (including phenoxy) is 1. The first kappa shape index (κ1) is 22.1. The number of carbonyl (C=O) groups is 1. The SMILES string of the molecule is CCN(CC)c1cc(Nc2ccc(NC(=O)Cc3ccccc3OC)cc2)nc(C)n1. The van der Waals surface area contributed by atoms with Crippen molar-refractivity contribution in [2.45, 2.75) is 27.2 Å². The lowest BCUT2D eigenvalue weighted by atomic mass is 10.1. The topological polar surface area (TPSA) is 79.4 Å². The molecule has 2 N–H and O–H groups in total. The van der Waals surface area contributed by atoms with Gasteiger partial charge >= 0.3 is 0 Å². The van der Waals surface area contributed by atoms with Crippen molar-refractivity contribution >= 4 is 28.9 Å². The molecular weight excluding hydrogens is 390 g/mol. The average molecular weight is 420 g/mol. The van der Waals surface area contributed by atoms with Gasteiger partial charge in [-0.15, -0.1) is 0 Å². The number of rotatable bonds is 9. The fraction of sp³-hybridized carbons (Fsp3) is 0.292. The van der Waals surface area contributed by atoms with Crippen LogP contribution in [0.5, 0.6) is 5.75 Å². The molecule has 1 amide bonds. The number of methoxy groups -OCH3 is 1. The molecule has 31 heavy (non-hydrogen) atoms. The van der Waals surface area contributed by atoms with Crippen LogP contribution in [0.4, 0.5) is 23.0 Å². The van der Waals surface area contributed by atoms with Crippen LogP contribution in [0.3, 0.4) is 0 Å². The summed E-state index contributed by atoms with van der Waals surface area (Å²) in [5.74, 6) is 2.97. The number of hydrogen-bond donors (Lipinski definition) is 2. The van der Waals surface area contributed by atoms with Crippen molar-refractivity contribution in [1.82, 2.24) is 9.97 Å². The summed E-state index contributed by atoms with van der Waals surface area (Å²) >= 11 is 0. The highest BCUT2D eigenvalue weighted by Gasteiger charge is 2.10. The summed E-state index contributed by atoms with van der Waals surface area (Å²) in [6.45, 7) is 7.87. The molecular formula is C24H29N5O2. The van der Waals surface area contributed by atoms with Crippen molar-refractivity contribution < 1.29 is 9.53 Å². The van der Waals surface area contributed by atoms with E-state index < -0.39 is 0 Å². The molecule has 0 fully saturated rings. The van der Waals surface area contributed by atoms with Gasteiger partial charge in [0.05, 0.1) is 13.5 Å². The van der Waals surface area contributed by atoms with E-state index in [1.165, 1.54) is 0 Å². The number of anilines is 4. The van der Waals surface area contributed by atoms with Crippen LogP contribution < -0.4 is 20.3 Å². The smallest absolute Gasteiger partial charge is 0.228 e. The summed E-state index contributed by atoms with van der Waals surface area (Å²) in [5, 5.41) is 6.24. The molecule has 0 saturated heterocycles. The number of carbonyl (C=O) groups excluding carboxylic acids is 1. The average Bonchev–Trinajstić information content (AvgIpc) is 2.76. The zero-order valence-electron chi connectivity index (χ0n) is 18.5. The summed E-state index contributed by atoms with van der Waals surface area (Å²) in [6.07, 6.45) is 0.248. The third-order valence-corrected chi connectivity index (χ3v) is 4.90. The number of hydrogen-bond acceptors (Lipinski definition) is 6. The van der Waals surface area contributed by atoms with Crippen LogP contribution in [-0.2, 0) is 11.2 Å². The normalized spacial score (nSPS) is 10.5. The number of nitrogens with zero attached hydrogens (tertiary/aromatic N) is 3. The molecule has 0 unspecified atom stereocenters. The molecule has 3 rings (SSSR count). The molecule has 0 spiro atoms. The maximum Gasteiger partial charge on any atom is 0.228 e. The molecule has 0 atom stereocenters. The molecule has 7 nitrogen and oxygen atoms in total. The van der Waals surface area contributed by atoms with E-state index in [1.807, 2.05) is 61.5 Å². The molecule has 0 aliphatic heterocycles. The summed E-state index contributed by atoms with van der Waals surface area (Å²) in [5.41, 5.74) is 2.46. The molecule has 7 heteroatoms. The first-order valence-electron chi connectivity index (χ1n) is 10.4. The van der Waals surface area contributed by atoms with Gasteiger partial charge in [0.2, 0.25) is 5.91 Å². The second kappa shape index (κ2) is 10.4. The molecule has 0 aliphatic carbocycles. The Morgan fingerprint density at radius 1 is 1.00 bits per heavy atom. The monoisotopic (exact) mass is 419 g/mol. The molecule has 2 aromatic carbocycles. The molecule has 0 bridgehead atoms. The van der Waals surface area contributed by atoms with E-state index in [-0.39, 0.29) is 12.3 Å². The van der Waals surface area contributed by atoms with E-state index in [4.69, 9.17) is 4.74 Å². The van der Waals surface area contributed by atoms with Crippen molar-refractivity contribution in [3.63, 3.8) is 0 Å². The lowest BCUT2D eigenvalue weighted by molar-refractivity contribution is -0.115. The van der Waals surface area contributed by atoms with Crippen LogP contribution >= 0.6 is 0 Å². The van der Waals surface area contributed by atoms with Crippen molar-refractivity contribution in [2.24, 2.45) is 0 Å². The maximum absolute atomic E-state index is 12.4. The third-order valence-electron chi connectivity index (χ3n) is 4.90. The first-order valence-corrected chi connectivity index (χ1v) is 10.4. The number of para-hydroxylation sites is 1. The second-order valence-corrected chi connectivity index (χ2v) is 7.07. The van der Waals surface area contributed by atoms with Crippen molar-refractivity contribution in [1.29, 1.82) is 0 Å². The standard InChI is InChI=1S/C24H29N5O2/c1-5-29(6-2)23-16-22(25-17(3)26-23)27-19-11-13-20(14-12-19)28-24(30)15-18-9-7-8-10-21(18)31-4/h7-14,16H,5-6,15H2,1-4H3,(H,28,30)(H,25,26,27). The Balaban J connectivity index is 1.65. The summed E-state index contributed by atoms with van der Waals surface area (Å²) < 4.78 is 5.31. The molecule has 0 radical (unpaired) electrons. The van der Waals surface area contributed by atoms with Crippen LogP contribution in [0.1, 0.15) is 25.2 Å². The number of aryl methyl sites for hydroxylation is 1. The van der Waals surface area contributed by atoms with Gasteiger partial charge in [-0.1, -0.05) is 18.2 Å². The fourth-order valence-electron chi connectivity index (χ4n) is 3.34. The van der Waals surface area contributed by atoms with E-state index >= 15 is 0 Å². The molecule has 1 heterocycles. The Morgan fingerprint density at radius 3 is 2.35 bits per heavy atom. The van der Waals surface area contributed by atoms with Crippen LogP contribution in [-0.4, -0.2) is 36.1 Å². The summed E-state index contributed by atoms with van der Waals surface area (Å²) in [6, 6.07) is 17.0. The van der Waals surface area contributed by atoms with Crippen LogP contribution in [0.25, 0.3) is 0 Å². The van der Waals surface area contributed by atoms with Gasteiger partial charge < -0.3 is 20.3 Å². The highest BCUT2D eigenvalue weighted by Crippen LogP contribution is 2.22. The van der Waals surface area contributed by atoms with Crippen molar-refractivity contribution in [3.05, 3.63) is 66.0 Å². The predicted molar refractivity (Wildman–Crippen MR) is 125 cm³/mol. The zero-order valence-corrected chi connectivity index (χ0v) is 18.5. The van der Waals surface area contributed by atoms with Crippen molar-refractivity contribution in [2.75, 3.05) is 35.7 Å². The fourth-order valence-corrected chi connectivity index (χ4v) is 3.34. The van der Waals surface area contributed by atoms with Gasteiger partial charge in [-0.25, -0.2) is 9.97 Å². The predicted octanol–water partition coefficient (Wildman–Crippen LogP) is 4.56. The van der Waals surface area contributed by atoms with E-state index in [2.05, 4.69) is 39.3 Å². The van der Waals surface area contributed by atoms with Gasteiger partial charge in [0.15, 0.2) is 0 Å². The van der Waals surface area contributed by atoms with Gasteiger partial charge in [0.1, 0.15) is 23.2 Å². The Bertz CT molecular complexity index is 1020. The first-order chi connectivity index (χ1) is 15.0. The molecule has 3 aromatic rings. The van der Waals surface area contributed by atoms with E-state index in [9.17, 15) is 4.79 Å². The van der Waals surface area contributed by atoms with Gasteiger partial charge in [0.25, 0.3) is 0 Å². The van der Waals surface area contributed by atoms with Crippen LogP contribution in [0.15, 0.2) is 54.6 Å². The number of amides is 1. The minimum atomic E-state index is -0.0968. The van der Waals surface area contributed by atoms with Gasteiger partial charge in [-0.05, 0) is 51.1 Å². The lowest BCUT2D eigenvalue weighted by Gasteiger charge is -2.20. The highest BCUT2D eigenvalue weighted by molar-refractivity contribution is 5.92. The van der Waals surface area contributed by atoms with E-state index in [1.54, 1.807) is 7.11 Å². The Morgan fingerprint density at radius 2 is 1.68 bits per heavy atom. The molecule has 0 aliphatic rings. The maximum atomic E-state index is 12.4. The Kier molecular flexibility index (Phi) is 7.43. The van der Waals surface area contributed by atoms with Gasteiger partial charge in [-0.2, -0.15) is 0 Å². The van der Waals surface area contributed by atoms with Gasteiger partial charge in [0, 0.05) is 36.1 Å². The largest absolute Gasteiger partial charge is 0.496 e. The van der Waals surface area contributed by atoms with Crippen LogP contribution in [0.2, 0.25) is 0 Å². The zero-order chi connectivity index (χ0) is 22.2. The number of nitrogens with one attached hydrogen (secondary N) is 2. The number of aromatic nitrogens is 2. The van der Waals surface area contributed by atoms with Crippen molar-refractivity contribution in [3.8, 4) is 5.75 Å². The number of benzene rings is 2. The molecule has 0 saturated carbocycles. The van der Waals surface area contributed by atoms with Crippen LogP contribution in [0, 0.1) is 6.92 Å². The Hall–Kier alpha value is -3.61. The van der Waals surface area contributed by atoms with E-state index in [0.29, 0.717) is 11.6 Å². The Labute approximate surface area is 183 Å². The summed E-state index contributed by atoms with van der Waals surface area (Å²) in [4.78, 5) is 23.6. The molecule has 162 valence electrons. The van der Waals surface area contributed by atoms with E-state index in [0.717, 1.165) is 41.7 Å². The minimum absolute atomic E-state index is 0.0968. The van der Waals surface area contributed by atoms with Gasteiger partial charge in [-0.3, -0.25) is 4.79 Å².